The molecule has 4 heteroatoms. The van der Waals surface area contributed by atoms with Crippen LogP contribution in [0.3, 0.4) is 0 Å². The van der Waals surface area contributed by atoms with Gasteiger partial charge in [0.25, 0.3) is 0 Å². The number of allylic oxidation sites excluding steroid dienone is 2. The zero-order valence-electron chi connectivity index (χ0n) is 15.2. The standard InChI is InChI=1S/C21H28N2O2/c1-3-4-8-16(2)22-20(24)23-14-18-12-21(25,13-19(18)15-23)11-17-9-6-5-7-10-17/h4-10,18-19,25H,3,11-15H2,1-2H3/b8-4-,22-16?. The second-order valence-corrected chi connectivity index (χ2v) is 7.57. The molecule has 25 heavy (non-hydrogen) atoms. The van der Waals surface area contributed by atoms with Crippen molar-refractivity contribution in [1.82, 2.24) is 4.90 Å². The molecule has 2 amide bonds. The lowest BCUT2D eigenvalue weighted by atomic mass is 9.91. The van der Waals surface area contributed by atoms with Crippen molar-refractivity contribution < 1.29 is 9.90 Å². The van der Waals surface area contributed by atoms with Gasteiger partial charge >= 0.3 is 6.03 Å². The van der Waals surface area contributed by atoms with E-state index in [0.29, 0.717) is 18.3 Å². The molecule has 2 atom stereocenters. The van der Waals surface area contributed by atoms with E-state index >= 15 is 0 Å². The molecule has 1 N–H and O–H groups in total. The molecule has 4 nitrogen and oxygen atoms in total. The van der Waals surface area contributed by atoms with Crippen molar-refractivity contribution in [3.8, 4) is 0 Å². The number of aliphatic imine (C=N–C) groups is 1. The number of hydrogen-bond acceptors (Lipinski definition) is 2. The number of aliphatic hydroxyl groups is 1. The smallest absolute Gasteiger partial charge is 0.343 e. The number of fused-ring (bicyclic) bond motifs is 1. The molecule has 1 aromatic carbocycles. The minimum atomic E-state index is -0.630. The van der Waals surface area contributed by atoms with Crippen molar-refractivity contribution in [3.63, 3.8) is 0 Å². The lowest BCUT2D eigenvalue weighted by Gasteiger charge is -2.25. The van der Waals surface area contributed by atoms with E-state index in [2.05, 4.69) is 24.0 Å². The van der Waals surface area contributed by atoms with E-state index in [1.54, 1.807) is 0 Å². The Morgan fingerprint density at radius 3 is 2.52 bits per heavy atom. The molecule has 3 rings (SSSR count). The van der Waals surface area contributed by atoms with Crippen LogP contribution in [0.5, 0.6) is 0 Å². The summed E-state index contributed by atoms with van der Waals surface area (Å²) in [5.41, 5.74) is 1.31. The van der Waals surface area contributed by atoms with Crippen LogP contribution in [-0.4, -0.2) is 40.4 Å². The van der Waals surface area contributed by atoms with Crippen LogP contribution in [0.4, 0.5) is 4.79 Å². The van der Waals surface area contributed by atoms with Gasteiger partial charge < -0.3 is 10.0 Å². The number of nitrogens with zero attached hydrogens (tertiary/aromatic N) is 2. The van der Waals surface area contributed by atoms with Gasteiger partial charge in [-0.2, -0.15) is 4.99 Å². The predicted octanol–water partition coefficient (Wildman–Crippen LogP) is 3.85. The Morgan fingerprint density at radius 2 is 1.92 bits per heavy atom. The number of rotatable bonds is 4. The van der Waals surface area contributed by atoms with E-state index in [1.165, 1.54) is 5.56 Å². The van der Waals surface area contributed by atoms with Crippen molar-refractivity contribution in [2.45, 2.75) is 45.1 Å². The normalized spacial score (nSPS) is 29.4. The Balaban J connectivity index is 1.57. The quantitative estimate of drug-likeness (QED) is 0.847. The Bertz CT molecular complexity index is 652. The highest BCUT2D eigenvalue weighted by Crippen LogP contribution is 2.45. The molecule has 2 unspecified atom stereocenters. The number of urea groups is 1. The number of carbonyl (C=O) groups is 1. The summed E-state index contributed by atoms with van der Waals surface area (Å²) < 4.78 is 0. The highest BCUT2D eigenvalue weighted by atomic mass is 16.3. The Morgan fingerprint density at radius 1 is 1.28 bits per heavy atom. The summed E-state index contributed by atoms with van der Waals surface area (Å²) >= 11 is 0. The minimum Gasteiger partial charge on any atom is -0.390 e. The largest absolute Gasteiger partial charge is 0.390 e. The molecule has 2 aliphatic rings. The predicted molar refractivity (Wildman–Crippen MR) is 101 cm³/mol. The van der Waals surface area contributed by atoms with Crippen LogP contribution in [0.15, 0.2) is 47.5 Å². The maximum absolute atomic E-state index is 12.3. The van der Waals surface area contributed by atoms with Crippen LogP contribution in [-0.2, 0) is 6.42 Å². The molecule has 0 aromatic heterocycles. The van der Waals surface area contributed by atoms with Crippen LogP contribution in [0.2, 0.25) is 0 Å². The third kappa shape index (κ3) is 4.37. The van der Waals surface area contributed by atoms with Gasteiger partial charge in [-0.05, 0) is 49.7 Å². The molecule has 0 radical (unpaired) electrons. The first-order valence-corrected chi connectivity index (χ1v) is 9.26. The average Bonchev–Trinajstić information content (AvgIpc) is 3.08. The number of amides is 2. The van der Waals surface area contributed by atoms with Gasteiger partial charge in [0.15, 0.2) is 0 Å². The molecule has 1 aliphatic heterocycles. The van der Waals surface area contributed by atoms with Gasteiger partial charge in [0.05, 0.1) is 5.60 Å². The first-order chi connectivity index (χ1) is 12.0. The fraction of sp³-hybridized carbons (Fsp3) is 0.524. The lowest BCUT2D eigenvalue weighted by Crippen LogP contribution is -2.33. The van der Waals surface area contributed by atoms with Crippen LogP contribution in [0.1, 0.15) is 38.7 Å². The molecule has 1 heterocycles. The maximum Gasteiger partial charge on any atom is 0.343 e. The Hall–Kier alpha value is -1.94. The molecule has 2 fully saturated rings. The van der Waals surface area contributed by atoms with Crippen molar-refractivity contribution in [2.24, 2.45) is 16.8 Å². The zero-order chi connectivity index (χ0) is 17.9. The van der Waals surface area contributed by atoms with Crippen LogP contribution in [0.25, 0.3) is 0 Å². The number of carbonyl (C=O) groups excluding carboxylic acids is 1. The zero-order valence-corrected chi connectivity index (χ0v) is 15.2. The summed E-state index contributed by atoms with van der Waals surface area (Å²) in [7, 11) is 0. The van der Waals surface area contributed by atoms with E-state index in [9.17, 15) is 9.90 Å². The average molecular weight is 340 g/mol. The molecule has 1 aromatic rings. The van der Waals surface area contributed by atoms with E-state index < -0.39 is 5.60 Å². The first kappa shape index (κ1) is 17.9. The fourth-order valence-corrected chi connectivity index (χ4v) is 4.28. The monoisotopic (exact) mass is 340 g/mol. The van der Waals surface area contributed by atoms with E-state index in [0.717, 1.165) is 38.1 Å². The molecule has 134 valence electrons. The molecule has 0 bridgehead atoms. The van der Waals surface area contributed by atoms with E-state index in [4.69, 9.17) is 0 Å². The summed E-state index contributed by atoms with van der Waals surface area (Å²) in [5, 5.41) is 11.0. The summed E-state index contributed by atoms with van der Waals surface area (Å²) in [6, 6.07) is 10.0. The molecule has 1 aliphatic carbocycles. The second kappa shape index (κ2) is 7.52. The summed E-state index contributed by atoms with van der Waals surface area (Å²) in [6.07, 6.45) is 7.09. The third-order valence-electron chi connectivity index (χ3n) is 5.37. The fourth-order valence-electron chi connectivity index (χ4n) is 4.28. The second-order valence-electron chi connectivity index (χ2n) is 7.57. The summed E-state index contributed by atoms with van der Waals surface area (Å²) in [6.45, 7) is 5.35. The lowest BCUT2D eigenvalue weighted by molar-refractivity contribution is 0.0368. The van der Waals surface area contributed by atoms with Gasteiger partial charge in [-0.3, -0.25) is 0 Å². The van der Waals surface area contributed by atoms with Crippen LogP contribution < -0.4 is 0 Å². The highest BCUT2D eigenvalue weighted by Gasteiger charge is 2.49. The molecule has 1 saturated carbocycles. The van der Waals surface area contributed by atoms with Gasteiger partial charge in [0.2, 0.25) is 0 Å². The molecular formula is C21H28N2O2. The van der Waals surface area contributed by atoms with E-state index in [1.807, 2.05) is 42.2 Å². The van der Waals surface area contributed by atoms with Crippen LogP contribution in [0, 0.1) is 11.8 Å². The van der Waals surface area contributed by atoms with Crippen molar-refractivity contribution >= 4 is 11.7 Å². The maximum atomic E-state index is 12.3. The van der Waals surface area contributed by atoms with E-state index in [-0.39, 0.29) is 6.03 Å². The minimum absolute atomic E-state index is 0.140. The van der Waals surface area contributed by atoms with Crippen molar-refractivity contribution in [3.05, 3.63) is 48.0 Å². The molecular weight excluding hydrogens is 312 g/mol. The van der Waals surface area contributed by atoms with Gasteiger partial charge in [0.1, 0.15) is 0 Å². The number of likely N-dealkylation sites (tertiary alicyclic amines) is 1. The number of hydrogen-bond donors (Lipinski definition) is 1. The Labute approximate surface area is 150 Å². The molecule has 1 saturated heterocycles. The highest BCUT2D eigenvalue weighted by molar-refractivity contribution is 6.00. The van der Waals surface area contributed by atoms with Gasteiger partial charge in [-0.15, -0.1) is 0 Å². The first-order valence-electron chi connectivity index (χ1n) is 9.26. The van der Waals surface area contributed by atoms with Crippen LogP contribution >= 0.6 is 0 Å². The summed E-state index contributed by atoms with van der Waals surface area (Å²) in [4.78, 5) is 18.4. The molecule has 0 spiro atoms. The Kier molecular flexibility index (Phi) is 5.38. The van der Waals surface area contributed by atoms with Crippen molar-refractivity contribution in [1.29, 1.82) is 0 Å². The van der Waals surface area contributed by atoms with Crippen molar-refractivity contribution in [2.75, 3.05) is 13.1 Å². The van der Waals surface area contributed by atoms with Gasteiger partial charge in [0, 0.05) is 25.2 Å². The number of benzene rings is 1. The SMILES string of the molecule is CC/C=C\C(C)=NC(=O)N1CC2CC(O)(Cc3ccccc3)CC2C1. The van der Waals surface area contributed by atoms with Gasteiger partial charge in [-0.25, -0.2) is 4.79 Å². The summed E-state index contributed by atoms with van der Waals surface area (Å²) in [5.74, 6) is 0.777. The third-order valence-corrected chi connectivity index (χ3v) is 5.37. The topological polar surface area (TPSA) is 52.9 Å². The van der Waals surface area contributed by atoms with Gasteiger partial charge in [-0.1, -0.05) is 43.3 Å².